The molecule has 0 fully saturated rings. The van der Waals surface area contributed by atoms with Crippen LogP contribution in [0.3, 0.4) is 0 Å². The van der Waals surface area contributed by atoms with E-state index in [1.54, 1.807) is 11.8 Å². The number of hydrogen-bond donors (Lipinski definition) is 0. The van der Waals surface area contributed by atoms with Crippen LogP contribution in [0.25, 0.3) is 11.0 Å². The molecule has 0 atom stereocenters. The summed E-state index contributed by atoms with van der Waals surface area (Å²) in [6.45, 7) is 0. The summed E-state index contributed by atoms with van der Waals surface area (Å²) in [5.74, 6) is 0. The number of fused-ring (bicyclic) bond motifs is 1. The van der Waals surface area contributed by atoms with Crippen molar-refractivity contribution in [2.45, 2.75) is 5.16 Å². The molecule has 0 saturated heterocycles. The highest BCUT2D eigenvalue weighted by atomic mass is 32.2. The number of rotatable bonds is 1. The first kappa shape index (κ1) is 9.10. The molecule has 0 amide bonds. The van der Waals surface area contributed by atoms with Gasteiger partial charge in [0.2, 0.25) is 0 Å². The average molecular weight is 203 g/mol. The maximum absolute atomic E-state index is 8.74. The van der Waals surface area contributed by atoms with Crippen LogP contribution < -0.4 is 0 Å². The topological polar surface area (TPSA) is 41.6 Å². The van der Waals surface area contributed by atoms with E-state index in [4.69, 9.17) is 5.26 Å². The Kier molecular flexibility index (Phi) is 2.18. The number of aryl methyl sites for hydroxylation is 1. The molecule has 0 aliphatic rings. The summed E-state index contributed by atoms with van der Waals surface area (Å²) in [5, 5.41) is 9.71. The monoisotopic (exact) mass is 203 g/mol. The molecule has 1 aromatic heterocycles. The first-order chi connectivity index (χ1) is 6.76. The second kappa shape index (κ2) is 3.35. The molecule has 0 aliphatic carbocycles. The van der Waals surface area contributed by atoms with Gasteiger partial charge in [-0.05, 0) is 24.5 Å². The van der Waals surface area contributed by atoms with Crippen LogP contribution in [0.15, 0.2) is 23.4 Å². The summed E-state index contributed by atoms with van der Waals surface area (Å²) in [5.41, 5.74) is 2.60. The van der Waals surface area contributed by atoms with Crippen LogP contribution in [-0.4, -0.2) is 15.8 Å². The minimum absolute atomic E-state index is 0.656. The van der Waals surface area contributed by atoms with E-state index in [-0.39, 0.29) is 0 Å². The number of thioether (sulfide) groups is 1. The van der Waals surface area contributed by atoms with Gasteiger partial charge >= 0.3 is 0 Å². The number of imidazole rings is 1. The van der Waals surface area contributed by atoms with Gasteiger partial charge in [-0.15, -0.1) is 0 Å². The fraction of sp³-hybridized carbons (Fsp3) is 0.200. The van der Waals surface area contributed by atoms with E-state index < -0.39 is 0 Å². The molecule has 0 N–H and O–H groups in total. The highest BCUT2D eigenvalue weighted by molar-refractivity contribution is 7.98. The van der Waals surface area contributed by atoms with Gasteiger partial charge in [0, 0.05) is 7.05 Å². The Bertz CT molecular complexity index is 522. The van der Waals surface area contributed by atoms with E-state index >= 15 is 0 Å². The van der Waals surface area contributed by atoms with E-state index in [1.807, 2.05) is 36.1 Å². The molecule has 14 heavy (non-hydrogen) atoms. The fourth-order valence-corrected chi connectivity index (χ4v) is 1.99. The highest BCUT2D eigenvalue weighted by Gasteiger charge is 2.06. The van der Waals surface area contributed by atoms with Crippen LogP contribution in [0, 0.1) is 11.3 Å². The summed E-state index contributed by atoms with van der Waals surface area (Å²) < 4.78 is 2.03. The standard InChI is InChI=1S/C10H9N3S/c1-13-9-4-3-7(6-11)5-8(9)12-10(13)14-2/h3-5H,1-2H3. The number of hydrogen-bond acceptors (Lipinski definition) is 3. The maximum atomic E-state index is 8.74. The van der Waals surface area contributed by atoms with Gasteiger partial charge < -0.3 is 4.57 Å². The van der Waals surface area contributed by atoms with E-state index in [0.717, 1.165) is 16.2 Å². The van der Waals surface area contributed by atoms with Gasteiger partial charge in [0.25, 0.3) is 0 Å². The molecule has 0 bridgehead atoms. The van der Waals surface area contributed by atoms with Gasteiger partial charge in [-0.2, -0.15) is 5.26 Å². The molecule has 2 rings (SSSR count). The molecular formula is C10H9N3S. The Morgan fingerprint density at radius 3 is 2.93 bits per heavy atom. The quantitative estimate of drug-likeness (QED) is 0.667. The Morgan fingerprint density at radius 2 is 2.29 bits per heavy atom. The predicted octanol–water partition coefficient (Wildman–Crippen LogP) is 2.17. The van der Waals surface area contributed by atoms with Crippen molar-refractivity contribution in [1.82, 2.24) is 9.55 Å². The van der Waals surface area contributed by atoms with E-state index in [0.29, 0.717) is 5.56 Å². The number of nitriles is 1. The average Bonchev–Trinajstić information content (AvgIpc) is 2.55. The van der Waals surface area contributed by atoms with Gasteiger partial charge in [-0.3, -0.25) is 0 Å². The van der Waals surface area contributed by atoms with E-state index in [9.17, 15) is 0 Å². The third-order valence-electron chi connectivity index (χ3n) is 2.15. The van der Waals surface area contributed by atoms with Gasteiger partial charge in [-0.1, -0.05) is 11.8 Å². The lowest BCUT2D eigenvalue weighted by atomic mass is 10.2. The molecule has 0 aliphatic heterocycles. The van der Waals surface area contributed by atoms with Gasteiger partial charge in [0.1, 0.15) is 0 Å². The second-order valence-corrected chi connectivity index (χ2v) is 3.75. The molecule has 2 aromatic rings. The first-order valence-electron chi connectivity index (χ1n) is 4.17. The van der Waals surface area contributed by atoms with Crippen molar-refractivity contribution in [1.29, 1.82) is 5.26 Å². The molecule has 0 spiro atoms. The first-order valence-corrected chi connectivity index (χ1v) is 5.39. The lowest BCUT2D eigenvalue weighted by molar-refractivity contribution is 0.817. The minimum Gasteiger partial charge on any atom is -0.322 e. The zero-order valence-corrected chi connectivity index (χ0v) is 8.80. The Hall–Kier alpha value is -1.47. The van der Waals surface area contributed by atoms with Crippen molar-refractivity contribution in [3.63, 3.8) is 0 Å². The lowest BCUT2D eigenvalue weighted by Crippen LogP contribution is -1.88. The Morgan fingerprint density at radius 1 is 1.50 bits per heavy atom. The van der Waals surface area contributed by atoms with E-state index in [1.165, 1.54) is 0 Å². The van der Waals surface area contributed by atoms with Gasteiger partial charge in [0.05, 0.1) is 22.7 Å². The number of aromatic nitrogens is 2. The van der Waals surface area contributed by atoms with Crippen molar-refractivity contribution >= 4 is 22.8 Å². The Labute approximate surface area is 86.4 Å². The third-order valence-corrected chi connectivity index (χ3v) is 2.88. The molecule has 0 radical (unpaired) electrons. The lowest BCUT2D eigenvalue weighted by Gasteiger charge is -1.96. The molecule has 1 aromatic carbocycles. The van der Waals surface area contributed by atoms with Crippen molar-refractivity contribution in [3.8, 4) is 6.07 Å². The Balaban J connectivity index is 2.74. The largest absolute Gasteiger partial charge is 0.322 e. The second-order valence-electron chi connectivity index (χ2n) is 2.97. The third kappa shape index (κ3) is 1.26. The van der Waals surface area contributed by atoms with Crippen LogP contribution in [0.1, 0.15) is 5.56 Å². The zero-order valence-electron chi connectivity index (χ0n) is 7.98. The fourth-order valence-electron chi connectivity index (χ4n) is 1.43. The van der Waals surface area contributed by atoms with Crippen LogP contribution in [0.5, 0.6) is 0 Å². The summed E-state index contributed by atoms with van der Waals surface area (Å²) in [6, 6.07) is 7.67. The van der Waals surface area contributed by atoms with Crippen molar-refractivity contribution in [3.05, 3.63) is 23.8 Å². The van der Waals surface area contributed by atoms with Crippen LogP contribution in [0.4, 0.5) is 0 Å². The molecule has 0 saturated carbocycles. The van der Waals surface area contributed by atoms with Crippen LogP contribution >= 0.6 is 11.8 Å². The normalized spacial score (nSPS) is 10.4. The molecule has 1 heterocycles. The van der Waals surface area contributed by atoms with Crippen molar-refractivity contribution < 1.29 is 0 Å². The highest BCUT2D eigenvalue weighted by Crippen LogP contribution is 2.21. The predicted molar refractivity (Wildman–Crippen MR) is 57.2 cm³/mol. The minimum atomic E-state index is 0.656. The smallest absolute Gasteiger partial charge is 0.168 e. The SMILES string of the molecule is CSc1nc2cc(C#N)ccc2n1C. The van der Waals surface area contributed by atoms with E-state index in [2.05, 4.69) is 11.1 Å². The molecule has 0 unspecified atom stereocenters. The van der Waals surface area contributed by atoms with Crippen LogP contribution in [0.2, 0.25) is 0 Å². The van der Waals surface area contributed by atoms with Gasteiger partial charge in [0.15, 0.2) is 5.16 Å². The van der Waals surface area contributed by atoms with Crippen molar-refractivity contribution in [2.24, 2.45) is 7.05 Å². The van der Waals surface area contributed by atoms with Crippen LogP contribution in [-0.2, 0) is 7.05 Å². The summed E-state index contributed by atoms with van der Waals surface area (Å²) >= 11 is 1.60. The number of benzene rings is 1. The van der Waals surface area contributed by atoms with Crippen molar-refractivity contribution in [2.75, 3.05) is 6.26 Å². The number of nitrogens with zero attached hydrogens (tertiary/aromatic N) is 3. The maximum Gasteiger partial charge on any atom is 0.168 e. The van der Waals surface area contributed by atoms with Gasteiger partial charge in [-0.25, -0.2) is 4.98 Å². The molecule has 70 valence electrons. The summed E-state index contributed by atoms with van der Waals surface area (Å²) in [7, 11) is 1.98. The summed E-state index contributed by atoms with van der Waals surface area (Å²) in [4.78, 5) is 4.41. The molecular weight excluding hydrogens is 194 g/mol. The molecule has 3 nitrogen and oxygen atoms in total. The summed E-state index contributed by atoms with van der Waals surface area (Å²) in [6.07, 6.45) is 1.99. The molecule has 4 heteroatoms. The zero-order chi connectivity index (χ0) is 10.1.